The number of alkyl carbamates (subject to hydrolysis) is 1. The molecule has 8 nitrogen and oxygen atoms in total. The maximum Gasteiger partial charge on any atom is 0.408 e. The van der Waals surface area contributed by atoms with Gasteiger partial charge in [0.25, 0.3) is 0 Å². The highest BCUT2D eigenvalue weighted by molar-refractivity contribution is 5.88. The fraction of sp³-hybridized carbons (Fsp3) is 0.727. The molecule has 0 aromatic heterocycles. The third-order valence-electron chi connectivity index (χ3n) is 1.92. The fourth-order valence-electron chi connectivity index (χ4n) is 1.03. The second-order valence-corrected chi connectivity index (χ2v) is 4.95. The first-order chi connectivity index (χ1) is 8.56. The largest absolute Gasteiger partial charge is 0.480 e. The number of hydrogen-bond donors (Lipinski definition) is 4. The van der Waals surface area contributed by atoms with E-state index in [0.29, 0.717) is 0 Å². The van der Waals surface area contributed by atoms with Crippen molar-refractivity contribution in [2.24, 2.45) is 0 Å². The molecule has 0 bridgehead atoms. The minimum atomic E-state index is -1.41. The van der Waals surface area contributed by atoms with Crippen molar-refractivity contribution >= 4 is 18.0 Å². The number of aliphatic hydroxyl groups excluding tert-OH is 1. The molecule has 0 aliphatic carbocycles. The van der Waals surface area contributed by atoms with Crippen molar-refractivity contribution in [3.63, 3.8) is 0 Å². The molecular weight excluding hydrogens is 256 g/mol. The van der Waals surface area contributed by atoms with Gasteiger partial charge in [-0.2, -0.15) is 0 Å². The molecule has 2 atom stereocenters. The first-order valence-electron chi connectivity index (χ1n) is 5.70. The maximum absolute atomic E-state index is 11.6. The molecule has 0 aromatic carbocycles. The number of carbonyl (C=O) groups excluding carboxylic acids is 2. The van der Waals surface area contributed by atoms with Crippen molar-refractivity contribution in [2.75, 3.05) is 6.61 Å². The van der Waals surface area contributed by atoms with Crippen LogP contribution < -0.4 is 10.6 Å². The zero-order valence-electron chi connectivity index (χ0n) is 11.4. The molecule has 0 aliphatic rings. The Hall–Kier alpha value is -1.83. The third-order valence-corrected chi connectivity index (χ3v) is 1.92. The van der Waals surface area contributed by atoms with Crippen LogP contribution in [0.2, 0.25) is 0 Å². The first-order valence-corrected chi connectivity index (χ1v) is 5.70. The summed E-state index contributed by atoms with van der Waals surface area (Å²) in [4.78, 5) is 33.6. The van der Waals surface area contributed by atoms with E-state index in [1.165, 1.54) is 6.92 Å². The summed E-state index contributed by atoms with van der Waals surface area (Å²) in [5, 5.41) is 21.7. The predicted molar refractivity (Wildman–Crippen MR) is 65.5 cm³/mol. The Morgan fingerprint density at radius 2 is 1.74 bits per heavy atom. The van der Waals surface area contributed by atoms with Crippen LogP contribution in [0.1, 0.15) is 27.7 Å². The monoisotopic (exact) mass is 276 g/mol. The molecule has 0 radical (unpaired) electrons. The SMILES string of the molecule is C[C@@H](NC(=O)OC(C)(C)C)C(=O)N[C@@H](CO)C(=O)O. The van der Waals surface area contributed by atoms with Gasteiger partial charge in [-0.05, 0) is 27.7 Å². The number of amides is 2. The van der Waals surface area contributed by atoms with E-state index in [9.17, 15) is 14.4 Å². The number of rotatable bonds is 5. The molecule has 0 spiro atoms. The van der Waals surface area contributed by atoms with E-state index in [2.05, 4.69) is 10.6 Å². The van der Waals surface area contributed by atoms with Crippen LogP contribution in [0.4, 0.5) is 4.79 Å². The second kappa shape index (κ2) is 6.93. The molecule has 0 fully saturated rings. The molecule has 110 valence electrons. The zero-order chi connectivity index (χ0) is 15.2. The molecule has 4 N–H and O–H groups in total. The number of ether oxygens (including phenoxy) is 1. The Labute approximate surface area is 111 Å². The number of hydrogen-bond acceptors (Lipinski definition) is 5. The molecule has 2 amide bonds. The van der Waals surface area contributed by atoms with Gasteiger partial charge in [0.15, 0.2) is 0 Å². The summed E-state index contributed by atoms with van der Waals surface area (Å²) in [6.45, 7) is 5.65. The minimum Gasteiger partial charge on any atom is -0.480 e. The van der Waals surface area contributed by atoms with Gasteiger partial charge in [0.05, 0.1) is 6.61 Å². The van der Waals surface area contributed by atoms with Crippen molar-refractivity contribution < 1.29 is 29.3 Å². The molecule has 0 saturated carbocycles. The second-order valence-electron chi connectivity index (χ2n) is 4.95. The molecule has 0 aliphatic heterocycles. The van der Waals surface area contributed by atoms with Gasteiger partial charge < -0.3 is 25.6 Å². The van der Waals surface area contributed by atoms with E-state index in [4.69, 9.17) is 14.9 Å². The smallest absolute Gasteiger partial charge is 0.408 e. The summed E-state index contributed by atoms with van der Waals surface area (Å²) in [5.41, 5.74) is -0.699. The van der Waals surface area contributed by atoms with Crippen LogP contribution in [0.25, 0.3) is 0 Å². The number of carboxylic acid groups (broad SMARTS) is 1. The number of aliphatic carboxylic acids is 1. The summed E-state index contributed by atoms with van der Waals surface area (Å²) in [6.07, 6.45) is -0.786. The highest BCUT2D eigenvalue weighted by atomic mass is 16.6. The van der Waals surface area contributed by atoms with Gasteiger partial charge in [-0.25, -0.2) is 9.59 Å². The fourth-order valence-corrected chi connectivity index (χ4v) is 1.03. The maximum atomic E-state index is 11.6. The lowest BCUT2D eigenvalue weighted by molar-refractivity contribution is -0.143. The van der Waals surface area contributed by atoms with Crippen molar-refractivity contribution in [2.45, 2.75) is 45.4 Å². The van der Waals surface area contributed by atoms with Gasteiger partial charge >= 0.3 is 12.1 Å². The Bertz CT molecular complexity index is 350. The summed E-state index contributed by atoms with van der Waals surface area (Å²) in [5.74, 6) is -2.09. The lowest BCUT2D eigenvalue weighted by Crippen LogP contribution is -2.52. The van der Waals surface area contributed by atoms with Crippen LogP contribution in [-0.4, -0.2) is 52.5 Å². The topological polar surface area (TPSA) is 125 Å². The lowest BCUT2D eigenvalue weighted by atomic mass is 10.2. The number of carboxylic acids is 1. The summed E-state index contributed by atoms with van der Waals surface area (Å²) in [6, 6.07) is -2.39. The Balaban J connectivity index is 4.35. The highest BCUT2D eigenvalue weighted by Gasteiger charge is 2.24. The van der Waals surface area contributed by atoms with E-state index in [1.54, 1.807) is 20.8 Å². The van der Waals surface area contributed by atoms with E-state index in [1.807, 2.05) is 0 Å². The van der Waals surface area contributed by atoms with Crippen LogP contribution in [0.15, 0.2) is 0 Å². The zero-order valence-corrected chi connectivity index (χ0v) is 11.4. The van der Waals surface area contributed by atoms with E-state index < -0.39 is 42.3 Å². The first kappa shape index (κ1) is 17.2. The quantitative estimate of drug-likeness (QED) is 0.534. The van der Waals surface area contributed by atoms with E-state index in [0.717, 1.165) is 0 Å². The highest BCUT2D eigenvalue weighted by Crippen LogP contribution is 2.06. The van der Waals surface area contributed by atoms with Gasteiger partial charge in [-0.15, -0.1) is 0 Å². The van der Waals surface area contributed by atoms with Crippen LogP contribution >= 0.6 is 0 Å². The Morgan fingerprint density at radius 1 is 1.21 bits per heavy atom. The van der Waals surface area contributed by atoms with Gasteiger partial charge in [-0.1, -0.05) is 0 Å². The van der Waals surface area contributed by atoms with Gasteiger partial charge in [0.2, 0.25) is 5.91 Å². The average Bonchev–Trinajstić information content (AvgIpc) is 2.21. The Kier molecular flexibility index (Phi) is 6.26. The summed E-state index contributed by atoms with van der Waals surface area (Å²) < 4.78 is 4.94. The van der Waals surface area contributed by atoms with Crippen LogP contribution in [0, 0.1) is 0 Å². The summed E-state index contributed by atoms with van der Waals surface area (Å²) in [7, 11) is 0. The standard InChI is InChI=1S/C11H20N2O6/c1-6(12-10(18)19-11(2,3)4)8(15)13-7(5-14)9(16)17/h6-7,14H,5H2,1-4H3,(H,12,18)(H,13,15)(H,16,17)/t6-,7+/m1/s1. The molecular formula is C11H20N2O6. The normalized spacial score (nSPS) is 14.2. The molecule has 8 heteroatoms. The van der Waals surface area contributed by atoms with Crippen LogP contribution in [0.5, 0.6) is 0 Å². The molecule has 19 heavy (non-hydrogen) atoms. The summed E-state index contributed by atoms with van der Waals surface area (Å²) >= 11 is 0. The predicted octanol–water partition coefficient (Wildman–Crippen LogP) is -0.539. The molecule has 0 aromatic rings. The van der Waals surface area contributed by atoms with E-state index in [-0.39, 0.29) is 0 Å². The van der Waals surface area contributed by atoms with Gasteiger partial charge in [-0.3, -0.25) is 4.79 Å². The van der Waals surface area contributed by atoms with Crippen molar-refractivity contribution in [3.05, 3.63) is 0 Å². The van der Waals surface area contributed by atoms with Crippen LogP contribution in [-0.2, 0) is 14.3 Å². The molecule has 0 unspecified atom stereocenters. The van der Waals surface area contributed by atoms with Crippen molar-refractivity contribution in [1.29, 1.82) is 0 Å². The minimum absolute atomic E-state index is 0.699. The van der Waals surface area contributed by atoms with Gasteiger partial charge in [0, 0.05) is 0 Å². The number of carbonyl (C=O) groups is 3. The van der Waals surface area contributed by atoms with Crippen molar-refractivity contribution in [1.82, 2.24) is 10.6 Å². The van der Waals surface area contributed by atoms with Crippen molar-refractivity contribution in [3.8, 4) is 0 Å². The lowest BCUT2D eigenvalue weighted by Gasteiger charge is -2.22. The number of aliphatic hydroxyl groups is 1. The molecule has 0 heterocycles. The molecule has 0 saturated heterocycles. The third kappa shape index (κ3) is 7.24. The Morgan fingerprint density at radius 3 is 2.11 bits per heavy atom. The average molecular weight is 276 g/mol. The van der Waals surface area contributed by atoms with Gasteiger partial charge in [0.1, 0.15) is 17.7 Å². The van der Waals surface area contributed by atoms with Crippen LogP contribution in [0.3, 0.4) is 0 Å². The molecule has 0 rings (SSSR count). The number of nitrogens with one attached hydrogen (secondary N) is 2. The van der Waals surface area contributed by atoms with E-state index >= 15 is 0 Å².